The molecule has 4 heteroatoms. The minimum Gasteiger partial charge on any atom is -0.351 e. The van der Waals surface area contributed by atoms with Crippen LogP contribution >= 0.6 is 11.6 Å². The Kier molecular flexibility index (Phi) is 3.90. The topological polar surface area (TPSA) is 28.2 Å². The zero-order chi connectivity index (χ0) is 13.9. The summed E-state index contributed by atoms with van der Waals surface area (Å²) in [7, 11) is 1.92. The van der Waals surface area contributed by atoms with Crippen LogP contribution in [-0.4, -0.2) is 18.6 Å². The van der Waals surface area contributed by atoms with E-state index in [0.717, 1.165) is 42.5 Å². The van der Waals surface area contributed by atoms with Crippen molar-refractivity contribution in [3.63, 3.8) is 0 Å². The van der Waals surface area contributed by atoms with Crippen molar-refractivity contribution in [1.82, 2.24) is 10.3 Å². The molecule has 0 aliphatic carbocycles. The van der Waals surface area contributed by atoms with Gasteiger partial charge in [0.1, 0.15) is 5.82 Å². The van der Waals surface area contributed by atoms with Gasteiger partial charge in [-0.25, -0.2) is 4.98 Å². The van der Waals surface area contributed by atoms with E-state index >= 15 is 0 Å². The first kappa shape index (κ1) is 13.4. The second kappa shape index (κ2) is 5.81. The van der Waals surface area contributed by atoms with Crippen molar-refractivity contribution in [1.29, 1.82) is 0 Å². The molecule has 20 heavy (non-hydrogen) atoms. The standard InChI is InChI=1S/C16H18ClN3/c1-18-9-12-8-15(17)16(19-10-12)20-7-6-13-4-2-3-5-14(13)11-20/h2-5,8,10,18H,6-7,9,11H2,1H3. The van der Waals surface area contributed by atoms with Gasteiger partial charge in [-0.1, -0.05) is 35.9 Å². The first-order valence-corrected chi connectivity index (χ1v) is 7.26. The summed E-state index contributed by atoms with van der Waals surface area (Å²) in [6.45, 7) is 2.64. The Labute approximate surface area is 124 Å². The molecular formula is C16H18ClN3. The average Bonchev–Trinajstić information content (AvgIpc) is 2.47. The number of nitrogens with one attached hydrogen (secondary N) is 1. The highest BCUT2D eigenvalue weighted by Gasteiger charge is 2.19. The number of hydrogen-bond donors (Lipinski definition) is 1. The summed E-state index contributed by atoms with van der Waals surface area (Å²) in [6.07, 6.45) is 2.95. The Balaban J connectivity index is 1.84. The van der Waals surface area contributed by atoms with Crippen LogP contribution in [0.4, 0.5) is 5.82 Å². The molecule has 2 heterocycles. The molecule has 1 aliphatic heterocycles. The van der Waals surface area contributed by atoms with Gasteiger partial charge in [0.25, 0.3) is 0 Å². The van der Waals surface area contributed by atoms with Gasteiger partial charge in [0.05, 0.1) is 5.02 Å². The van der Waals surface area contributed by atoms with Gasteiger partial charge in [-0.15, -0.1) is 0 Å². The van der Waals surface area contributed by atoms with Crippen LogP contribution in [0.15, 0.2) is 36.5 Å². The molecule has 104 valence electrons. The predicted molar refractivity (Wildman–Crippen MR) is 83.2 cm³/mol. The van der Waals surface area contributed by atoms with Crippen LogP contribution in [0, 0.1) is 0 Å². The molecule has 0 saturated heterocycles. The Hall–Kier alpha value is -1.58. The zero-order valence-electron chi connectivity index (χ0n) is 11.6. The molecule has 0 atom stereocenters. The van der Waals surface area contributed by atoms with Crippen LogP contribution in [0.2, 0.25) is 5.02 Å². The van der Waals surface area contributed by atoms with Gasteiger partial charge in [0, 0.05) is 25.8 Å². The van der Waals surface area contributed by atoms with Gasteiger partial charge in [-0.2, -0.15) is 0 Å². The SMILES string of the molecule is CNCc1cnc(N2CCc3ccccc3C2)c(Cl)c1. The molecule has 0 saturated carbocycles. The lowest BCUT2D eigenvalue weighted by atomic mass is 10.00. The molecule has 0 fully saturated rings. The number of fused-ring (bicyclic) bond motifs is 1. The fourth-order valence-electron chi connectivity index (χ4n) is 2.68. The third kappa shape index (κ3) is 2.65. The molecule has 0 spiro atoms. The van der Waals surface area contributed by atoms with E-state index in [0.29, 0.717) is 0 Å². The van der Waals surface area contributed by atoms with Gasteiger partial charge in [0.15, 0.2) is 0 Å². The van der Waals surface area contributed by atoms with E-state index in [1.165, 1.54) is 11.1 Å². The van der Waals surface area contributed by atoms with Crippen LogP contribution < -0.4 is 10.2 Å². The molecule has 0 amide bonds. The lowest BCUT2D eigenvalue weighted by Gasteiger charge is -2.30. The maximum absolute atomic E-state index is 6.39. The van der Waals surface area contributed by atoms with E-state index < -0.39 is 0 Å². The highest BCUT2D eigenvalue weighted by molar-refractivity contribution is 6.33. The van der Waals surface area contributed by atoms with E-state index in [4.69, 9.17) is 11.6 Å². The molecule has 1 aromatic carbocycles. The number of aromatic nitrogens is 1. The van der Waals surface area contributed by atoms with Crippen LogP contribution in [0.5, 0.6) is 0 Å². The fourth-order valence-corrected chi connectivity index (χ4v) is 2.99. The summed E-state index contributed by atoms with van der Waals surface area (Å²) in [5, 5.41) is 3.84. The monoisotopic (exact) mass is 287 g/mol. The lowest BCUT2D eigenvalue weighted by Crippen LogP contribution is -2.31. The molecule has 3 rings (SSSR count). The summed E-state index contributed by atoms with van der Waals surface area (Å²) < 4.78 is 0. The number of halogens is 1. The van der Waals surface area contributed by atoms with E-state index in [1.807, 2.05) is 19.3 Å². The molecule has 1 N–H and O–H groups in total. The second-order valence-corrected chi connectivity index (χ2v) is 5.53. The Morgan fingerprint density at radius 2 is 2.10 bits per heavy atom. The molecular weight excluding hydrogens is 270 g/mol. The van der Waals surface area contributed by atoms with Crippen LogP contribution in [0.1, 0.15) is 16.7 Å². The van der Waals surface area contributed by atoms with Gasteiger partial charge in [-0.3, -0.25) is 0 Å². The highest BCUT2D eigenvalue weighted by atomic mass is 35.5. The van der Waals surface area contributed by atoms with Crippen molar-refractivity contribution < 1.29 is 0 Å². The summed E-state index contributed by atoms with van der Waals surface area (Å²) in [5.41, 5.74) is 3.92. The fraction of sp³-hybridized carbons (Fsp3) is 0.312. The van der Waals surface area contributed by atoms with E-state index in [1.54, 1.807) is 0 Å². The number of rotatable bonds is 3. The van der Waals surface area contributed by atoms with E-state index in [-0.39, 0.29) is 0 Å². The summed E-state index contributed by atoms with van der Waals surface area (Å²) >= 11 is 6.39. The summed E-state index contributed by atoms with van der Waals surface area (Å²) in [5.74, 6) is 0.890. The largest absolute Gasteiger partial charge is 0.351 e. The smallest absolute Gasteiger partial charge is 0.147 e. The molecule has 0 bridgehead atoms. The van der Waals surface area contributed by atoms with Crippen LogP contribution in [-0.2, 0) is 19.5 Å². The van der Waals surface area contributed by atoms with Crippen LogP contribution in [0.25, 0.3) is 0 Å². The molecule has 2 aromatic rings. The predicted octanol–water partition coefficient (Wildman–Crippen LogP) is 3.02. The van der Waals surface area contributed by atoms with Gasteiger partial charge < -0.3 is 10.2 Å². The molecule has 1 aliphatic rings. The van der Waals surface area contributed by atoms with Crippen LogP contribution in [0.3, 0.4) is 0 Å². The quantitative estimate of drug-likeness (QED) is 0.940. The lowest BCUT2D eigenvalue weighted by molar-refractivity contribution is 0.719. The molecule has 0 radical (unpaired) electrons. The average molecular weight is 288 g/mol. The number of hydrogen-bond acceptors (Lipinski definition) is 3. The minimum atomic E-state index is 0.733. The molecule has 1 aromatic heterocycles. The molecule has 0 unspecified atom stereocenters. The number of anilines is 1. The summed E-state index contributed by atoms with van der Waals surface area (Å²) in [6, 6.07) is 10.6. The van der Waals surface area contributed by atoms with Crippen molar-refractivity contribution >= 4 is 17.4 Å². The highest BCUT2D eigenvalue weighted by Crippen LogP contribution is 2.29. The maximum atomic E-state index is 6.39. The first-order chi connectivity index (χ1) is 9.78. The Bertz CT molecular complexity index is 612. The van der Waals surface area contributed by atoms with Crippen molar-refractivity contribution in [2.75, 3.05) is 18.5 Å². The van der Waals surface area contributed by atoms with E-state index in [2.05, 4.69) is 39.5 Å². The van der Waals surface area contributed by atoms with Gasteiger partial charge in [0.2, 0.25) is 0 Å². The summed E-state index contributed by atoms with van der Waals surface area (Å²) in [4.78, 5) is 6.81. The minimum absolute atomic E-state index is 0.733. The normalized spacial score (nSPS) is 14.2. The maximum Gasteiger partial charge on any atom is 0.147 e. The van der Waals surface area contributed by atoms with Crippen molar-refractivity contribution in [3.05, 3.63) is 58.2 Å². The van der Waals surface area contributed by atoms with Gasteiger partial charge >= 0.3 is 0 Å². The third-order valence-electron chi connectivity index (χ3n) is 3.69. The Morgan fingerprint density at radius 3 is 2.85 bits per heavy atom. The van der Waals surface area contributed by atoms with Crippen molar-refractivity contribution in [3.8, 4) is 0 Å². The number of pyridine rings is 1. The third-order valence-corrected chi connectivity index (χ3v) is 3.97. The number of nitrogens with zero attached hydrogens (tertiary/aromatic N) is 2. The number of benzene rings is 1. The van der Waals surface area contributed by atoms with Crippen molar-refractivity contribution in [2.24, 2.45) is 0 Å². The first-order valence-electron chi connectivity index (χ1n) is 6.88. The zero-order valence-corrected chi connectivity index (χ0v) is 12.3. The molecule has 3 nitrogen and oxygen atoms in total. The second-order valence-electron chi connectivity index (χ2n) is 5.12. The van der Waals surface area contributed by atoms with Gasteiger partial charge in [-0.05, 0) is 36.2 Å². The Morgan fingerprint density at radius 1 is 1.30 bits per heavy atom. The van der Waals surface area contributed by atoms with E-state index in [9.17, 15) is 0 Å². The van der Waals surface area contributed by atoms with Crippen molar-refractivity contribution in [2.45, 2.75) is 19.5 Å².